The van der Waals surface area contributed by atoms with E-state index in [-0.39, 0.29) is 5.69 Å². The molecule has 28 heavy (non-hydrogen) atoms. The number of rotatable bonds is 3. The van der Waals surface area contributed by atoms with Crippen LogP contribution in [0.5, 0.6) is 0 Å². The average Bonchev–Trinajstić information content (AvgIpc) is 3.18. The number of hydrogen-bond donors (Lipinski definition) is 3. The van der Waals surface area contributed by atoms with Crippen LogP contribution in [0, 0.1) is 13.8 Å². The van der Waals surface area contributed by atoms with E-state index >= 15 is 0 Å². The topological polar surface area (TPSA) is 94.3 Å². The summed E-state index contributed by atoms with van der Waals surface area (Å²) in [5.41, 5.74) is 5.04. The number of imide groups is 1. The lowest BCUT2D eigenvalue weighted by Crippen LogP contribution is -2.48. The summed E-state index contributed by atoms with van der Waals surface area (Å²) in [6.45, 7) is 5.56. The molecule has 3 N–H and O–H groups in total. The molecule has 7 nitrogen and oxygen atoms in total. The molecule has 1 aliphatic rings. The molecular weight excluding hydrogens is 356 g/mol. The number of fused-ring (bicyclic) bond motifs is 1. The molecule has 2 aromatic carbocycles. The number of carbonyl (C=O) groups excluding carboxylic acids is 3. The van der Waals surface area contributed by atoms with Gasteiger partial charge in [0.05, 0.1) is 0 Å². The molecular formula is C21H20N4O3. The van der Waals surface area contributed by atoms with Crippen LogP contribution in [-0.4, -0.2) is 27.8 Å². The quantitative estimate of drug-likeness (QED) is 0.614. The van der Waals surface area contributed by atoms with Gasteiger partial charge in [-0.2, -0.15) is 5.01 Å². The van der Waals surface area contributed by atoms with Crippen LogP contribution in [0.25, 0.3) is 10.9 Å². The average molecular weight is 376 g/mol. The Morgan fingerprint density at radius 3 is 2.50 bits per heavy atom. The second-order valence-electron chi connectivity index (χ2n) is 7.23. The van der Waals surface area contributed by atoms with Crippen molar-refractivity contribution >= 4 is 28.7 Å². The van der Waals surface area contributed by atoms with Gasteiger partial charge in [-0.3, -0.25) is 15.0 Å². The van der Waals surface area contributed by atoms with E-state index in [1.807, 2.05) is 32.0 Å². The summed E-state index contributed by atoms with van der Waals surface area (Å²) in [6, 6.07) is 13.9. The summed E-state index contributed by atoms with van der Waals surface area (Å²) >= 11 is 0. The van der Waals surface area contributed by atoms with Gasteiger partial charge < -0.3 is 10.3 Å². The number of nitrogens with zero attached hydrogens (tertiary/aromatic N) is 1. The molecule has 7 heteroatoms. The largest absolute Gasteiger partial charge is 0.350 e. The van der Waals surface area contributed by atoms with E-state index in [0.29, 0.717) is 5.56 Å². The SMILES string of the molecule is Cc1cc(C)c2cc(C(=O)NN3C(=O)NC(C)(c4ccccc4)C3=O)[nH]c2c1. The predicted octanol–water partition coefficient (Wildman–Crippen LogP) is 2.90. The number of amides is 4. The van der Waals surface area contributed by atoms with Crippen molar-refractivity contribution in [3.05, 3.63) is 70.9 Å². The molecule has 0 bridgehead atoms. The first-order valence-electron chi connectivity index (χ1n) is 8.93. The highest BCUT2D eigenvalue weighted by molar-refractivity contribution is 6.09. The van der Waals surface area contributed by atoms with Crippen molar-refractivity contribution in [2.75, 3.05) is 0 Å². The summed E-state index contributed by atoms with van der Waals surface area (Å²) in [4.78, 5) is 41.0. The second kappa shape index (κ2) is 6.23. The van der Waals surface area contributed by atoms with Gasteiger partial charge in [-0.15, -0.1) is 0 Å². The number of H-pyrrole nitrogens is 1. The van der Waals surface area contributed by atoms with Crippen molar-refractivity contribution in [1.29, 1.82) is 0 Å². The molecule has 0 aliphatic carbocycles. The smallest absolute Gasteiger partial charge is 0.344 e. The fourth-order valence-corrected chi connectivity index (χ4v) is 3.59. The Bertz CT molecular complexity index is 1120. The fourth-order valence-electron chi connectivity index (χ4n) is 3.59. The molecule has 4 amide bonds. The van der Waals surface area contributed by atoms with Gasteiger partial charge in [0.2, 0.25) is 0 Å². The molecule has 0 spiro atoms. The Morgan fingerprint density at radius 1 is 1.07 bits per heavy atom. The van der Waals surface area contributed by atoms with E-state index in [9.17, 15) is 14.4 Å². The van der Waals surface area contributed by atoms with Gasteiger partial charge in [-0.05, 0) is 49.6 Å². The summed E-state index contributed by atoms with van der Waals surface area (Å²) in [5, 5.41) is 4.31. The highest BCUT2D eigenvalue weighted by Crippen LogP contribution is 2.28. The minimum Gasteiger partial charge on any atom is -0.350 e. The van der Waals surface area contributed by atoms with E-state index in [0.717, 1.165) is 27.0 Å². The maximum atomic E-state index is 12.9. The number of aromatic amines is 1. The molecule has 1 aliphatic heterocycles. The maximum Gasteiger partial charge on any atom is 0.344 e. The molecule has 1 saturated heterocycles. The molecule has 2 heterocycles. The highest BCUT2D eigenvalue weighted by Gasteiger charge is 2.50. The number of urea groups is 1. The van der Waals surface area contributed by atoms with Gasteiger partial charge >= 0.3 is 6.03 Å². The number of aryl methyl sites for hydroxylation is 2. The second-order valence-corrected chi connectivity index (χ2v) is 7.23. The first kappa shape index (κ1) is 17.8. The van der Waals surface area contributed by atoms with E-state index in [4.69, 9.17) is 0 Å². The van der Waals surface area contributed by atoms with Crippen LogP contribution >= 0.6 is 0 Å². The first-order chi connectivity index (χ1) is 13.3. The van der Waals surface area contributed by atoms with Crippen LogP contribution in [0.4, 0.5) is 4.79 Å². The Labute approximate surface area is 161 Å². The molecule has 1 unspecified atom stereocenters. The minimum absolute atomic E-state index is 0.276. The Kier molecular flexibility index (Phi) is 3.96. The Balaban J connectivity index is 1.61. The van der Waals surface area contributed by atoms with Crippen LogP contribution in [-0.2, 0) is 10.3 Å². The van der Waals surface area contributed by atoms with Gasteiger partial charge in [0.1, 0.15) is 11.2 Å². The van der Waals surface area contributed by atoms with Gasteiger partial charge in [0, 0.05) is 10.9 Å². The summed E-state index contributed by atoms with van der Waals surface area (Å²) in [5.74, 6) is -1.10. The van der Waals surface area contributed by atoms with Crippen LogP contribution in [0.3, 0.4) is 0 Å². The van der Waals surface area contributed by atoms with Crippen LogP contribution in [0.1, 0.15) is 34.1 Å². The Morgan fingerprint density at radius 2 is 1.79 bits per heavy atom. The molecule has 142 valence electrons. The predicted molar refractivity (Wildman–Crippen MR) is 104 cm³/mol. The Hall–Kier alpha value is -3.61. The van der Waals surface area contributed by atoms with E-state index in [1.54, 1.807) is 37.3 Å². The highest BCUT2D eigenvalue weighted by atomic mass is 16.2. The number of hydrogen-bond acceptors (Lipinski definition) is 3. The normalized spacial score (nSPS) is 19.2. The molecule has 0 radical (unpaired) electrons. The van der Waals surface area contributed by atoms with Gasteiger partial charge in [0.15, 0.2) is 0 Å². The lowest BCUT2D eigenvalue weighted by molar-refractivity contribution is -0.132. The van der Waals surface area contributed by atoms with Gasteiger partial charge in [0.25, 0.3) is 11.8 Å². The summed E-state index contributed by atoms with van der Waals surface area (Å²) < 4.78 is 0. The van der Waals surface area contributed by atoms with Crippen molar-refractivity contribution in [2.45, 2.75) is 26.3 Å². The molecule has 0 saturated carbocycles. The van der Waals surface area contributed by atoms with Crippen molar-refractivity contribution in [3.63, 3.8) is 0 Å². The van der Waals surface area contributed by atoms with Crippen molar-refractivity contribution < 1.29 is 14.4 Å². The van der Waals surface area contributed by atoms with Crippen LogP contribution in [0.2, 0.25) is 0 Å². The monoisotopic (exact) mass is 376 g/mol. The fraction of sp³-hybridized carbons (Fsp3) is 0.190. The lowest BCUT2D eigenvalue weighted by atomic mass is 9.92. The van der Waals surface area contributed by atoms with E-state index < -0.39 is 23.4 Å². The molecule has 1 atom stereocenters. The third kappa shape index (κ3) is 2.72. The standard InChI is InChI=1S/C21H20N4O3/c1-12-9-13(2)15-11-17(22-16(15)10-12)18(26)24-25-19(27)21(3,23-20(25)28)14-7-5-4-6-8-14/h4-11,22H,1-3H3,(H,23,28)(H,24,26). The zero-order valence-electron chi connectivity index (χ0n) is 15.8. The van der Waals surface area contributed by atoms with Gasteiger partial charge in [-0.25, -0.2) is 4.79 Å². The third-order valence-corrected chi connectivity index (χ3v) is 5.09. The third-order valence-electron chi connectivity index (χ3n) is 5.09. The minimum atomic E-state index is -1.24. The molecule has 1 fully saturated rings. The van der Waals surface area contributed by atoms with Crippen molar-refractivity contribution in [1.82, 2.24) is 20.7 Å². The van der Waals surface area contributed by atoms with E-state index in [1.165, 1.54) is 0 Å². The number of aromatic nitrogens is 1. The van der Waals surface area contributed by atoms with Crippen LogP contribution in [0.15, 0.2) is 48.5 Å². The zero-order valence-corrected chi connectivity index (χ0v) is 15.8. The van der Waals surface area contributed by atoms with Crippen molar-refractivity contribution in [2.24, 2.45) is 0 Å². The lowest BCUT2D eigenvalue weighted by Gasteiger charge is -2.21. The number of carbonyl (C=O) groups is 3. The maximum absolute atomic E-state index is 12.9. The number of nitrogens with one attached hydrogen (secondary N) is 3. The van der Waals surface area contributed by atoms with Crippen molar-refractivity contribution in [3.8, 4) is 0 Å². The van der Waals surface area contributed by atoms with Gasteiger partial charge in [-0.1, -0.05) is 36.4 Å². The molecule has 3 aromatic rings. The zero-order chi connectivity index (χ0) is 20.1. The van der Waals surface area contributed by atoms with Crippen LogP contribution < -0.4 is 10.7 Å². The summed E-state index contributed by atoms with van der Waals surface area (Å²) in [6.07, 6.45) is 0. The van der Waals surface area contributed by atoms with E-state index in [2.05, 4.69) is 15.7 Å². The molecule has 1 aromatic heterocycles. The molecule has 4 rings (SSSR count). The first-order valence-corrected chi connectivity index (χ1v) is 8.93. The number of hydrazine groups is 1. The summed E-state index contributed by atoms with van der Waals surface area (Å²) in [7, 11) is 0. The number of benzene rings is 2.